The summed E-state index contributed by atoms with van der Waals surface area (Å²) in [5.74, 6) is 0. The largest absolute Gasteiger partial charge is 0.423 e. The molecule has 8 nitrogen and oxygen atoms in total. The summed E-state index contributed by atoms with van der Waals surface area (Å²) in [5.41, 5.74) is -3.15. The van der Waals surface area contributed by atoms with Gasteiger partial charge in [0.2, 0.25) is 0 Å². The van der Waals surface area contributed by atoms with Crippen molar-refractivity contribution in [1.82, 2.24) is 9.78 Å². The predicted octanol–water partition coefficient (Wildman–Crippen LogP) is 4.74. The molecule has 2 rings (SSSR count). The second-order valence-corrected chi connectivity index (χ2v) is 16.2. The molecule has 2 aromatic rings. The minimum Gasteiger partial charge on any atom is -0.359 e. The number of alkyl halides is 3. The number of aryl methyl sites for hydroxylation is 1. The predicted molar refractivity (Wildman–Crippen MR) is 125 cm³/mol. The first kappa shape index (κ1) is 28.0. The molecule has 1 N–H and O–H groups in total. The SMILES string of the molecule is CCCOS(=O)(=O)c1ccc(C)cc1Nc1cnn(COCC[Si](C)(C)C)c(=O)c1C(F)(F)F. The maximum Gasteiger partial charge on any atom is 0.423 e. The van der Waals surface area contributed by atoms with E-state index in [0.717, 1.165) is 12.2 Å². The number of ether oxygens (including phenoxy) is 1. The van der Waals surface area contributed by atoms with Crippen molar-refractivity contribution >= 4 is 29.6 Å². The van der Waals surface area contributed by atoms with Crippen LogP contribution in [0.15, 0.2) is 34.1 Å². The molecule has 0 radical (unpaired) electrons. The lowest BCUT2D eigenvalue weighted by Gasteiger charge is -2.18. The lowest BCUT2D eigenvalue weighted by molar-refractivity contribution is -0.138. The molecular weight excluding hydrogens is 491 g/mol. The van der Waals surface area contributed by atoms with Crippen molar-refractivity contribution < 1.29 is 30.5 Å². The van der Waals surface area contributed by atoms with Crippen LogP contribution in [0.2, 0.25) is 25.7 Å². The van der Waals surface area contributed by atoms with Crippen LogP contribution in [0.5, 0.6) is 0 Å². The van der Waals surface area contributed by atoms with Crippen molar-refractivity contribution in [3.05, 3.63) is 45.9 Å². The Morgan fingerprint density at radius 2 is 1.82 bits per heavy atom. The zero-order chi connectivity index (χ0) is 25.7. The van der Waals surface area contributed by atoms with E-state index in [1.54, 1.807) is 13.8 Å². The van der Waals surface area contributed by atoms with Crippen LogP contribution in [0.4, 0.5) is 24.5 Å². The second kappa shape index (κ2) is 11.0. The molecule has 0 saturated heterocycles. The van der Waals surface area contributed by atoms with E-state index in [1.807, 2.05) is 0 Å². The van der Waals surface area contributed by atoms with E-state index in [1.165, 1.54) is 18.2 Å². The highest BCUT2D eigenvalue weighted by Crippen LogP contribution is 2.35. The zero-order valence-electron chi connectivity index (χ0n) is 19.8. The van der Waals surface area contributed by atoms with Crippen LogP contribution in [0, 0.1) is 6.92 Å². The molecule has 190 valence electrons. The summed E-state index contributed by atoms with van der Waals surface area (Å²) in [6, 6.07) is 4.86. The average molecular weight is 522 g/mol. The topological polar surface area (TPSA) is 99.5 Å². The van der Waals surface area contributed by atoms with Crippen molar-refractivity contribution in [1.29, 1.82) is 0 Å². The third kappa shape index (κ3) is 7.65. The van der Waals surface area contributed by atoms with Crippen molar-refractivity contribution in [2.24, 2.45) is 0 Å². The fraction of sp³-hybridized carbons (Fsp3) is 0.524. The fourth-order valence-corrected chi connectivity index (χ4v) is 4.72. The third-order valence-electron chi connectivity index (χ3n) is 4.65. The quantitative estimate of drug-likeness (QED) is 0.259. The van der Waals surface area contributed by atoms with E-state index in [0.29, 0.717) is 23.3 Å². The molecule has 13 heteroatoms. The molecule has 0 aliphatic rings. The summed E-state index contributed by atoms with van der Waals surface area (Å²) >= 11 is 0. The van der Waals surface area contributed by atoms with Gasteiger partial charge in [-0.2, -0.15) is 26.7 Å². The van der Waals surface area contributed by atoms with E-state index in [2.05, 4.69) is 30.1 Å². The van der Waals surface area contributed by atoms with Crippen LogP contribution >= 0.6 is 0 Å². The van der Waals surface area contributed by atoms with E-state index < -0.39 is 47.9 Å². The summed E-state index contributed by atoms with van der Waals surface area (Å²) in [5, 5.41) is 6.23. The van der Waals surface area contributed by atoms with Gasteiger partial charge in [0.25, 0.3) is 15.7 Å². The highest BCUT2D eigenvalue weighted by Gasteiger charge is 2.38. The van der Waals surface area contributed by atoms with Gasteiger partial charge >= 0.3 is 6.18 Å². The summed E-state index contributed by atoms with van der Waals surface area (Å²) < 4.78 is 77.6. The Labute approximate surface area is 198 Å². The number of halogens is 3. The normalized spacial score (nSPS) is 12.7. The third-order valence-corrected chi connectivity index (χ3v) is 7.73. The van der Waals surface area contributed by atoms with Crippen molar-refractivity contribution in [2.75, 3.05) is 18.5 Å². The molecule has 1 heterocycles. The van der Waals surface area contributed by atoms with Gasteiger partial charge in [0, 0.05) is 14.7 Å². The number of aromatic nitrogens is 2. The number of hydrogen-bond donors (Lipinski definition) is 1. The summed E-state index contributed by atoms with van der Waals surface area (Å²) in [4.78, 5) is 12.3. The monoisotopic (exact) mass is 521 g/mol. The minimum atomic E-state index is -5.02. The Kier molecular flexibility index (Phi) is 9.08. The van der Waals surface area contributed by atoms with Gasteiger partial charge in [0.15, 0.2) is 0 Å². The van der Waals surface area contributed by atoms with Gasteiger partial charge in [-0.25, -0.2) is 4.68 Å². The van der Waals surface area contributed by atoms with Crippen LogP contribution in [-0.4, -0.2) is 39.5 Å². The fourth-order valence-electron chi connectivity index (χ4n) is 2.84. The van der Waals surface area contributed by atoms with Crippen molar-refractivity contribution in [3.8, 4) is 0 Å². The van der Waals surface area contributed by atoms with Crippen LogP contribution in [-0.2, 0) is 31.9 Å². The Bertz CT molecular complexity index is 1160. The van der Waals surface area contributed by atoms with Gasteiger partial charge in [-0.15, -0.1) is 0 Å². The molecule has 34 heavy (non-hydrogen) atoms. The number of nitrogens with one attached hydrogen (secondary N) is 1. The maximum atomic E-state index is 13.9. The summed E-state index contributed by atoms with van der Waals surface area (Å²) in [7, 11) is -5.67. The molecular formula is C21H30F3N3O5SSi. The molecule has 0 unspecified atom stereocenters. The summed E-state index contributed by atoms with van der Waals surface area (Å²) in [6.45, 7) is 9.51. The molecule has 0 amide bonds. The number of rotatable bonds is 11. The molecule has 0 aliphatic carbocycles. The van der Waals surface area contributed by atoms with Gasteiger partial charge in [-0.3, -0.25) is 8.98 Å². The number of hydrogen-bond acceptors (Lipinski definition) is 7. The maximum absolute atomic E-state index is 13.9. The minimum absolute atomic E-state index is 0.0846. The van der Waals surface area contributed by atoms with Gasteiger partial charge in [-0.1, -0.05) is 32.6 Å². The van der Waals surface area contributed by atoms with E-state index >= 15 is 0 Å². The lowest BCUT2D eigenvalue weighted by Crippen LogP contribution is -2.32. The molecule has 0 aliphatic heterocycles. The van der Waals surface area contributed by atoms with Gasteiger partial charge in [0.05, 0.1) is 24.2 Å². The van der Waals surface area contributed by atoms with Crippen molar-refractivity contribution in [3.63, 3.8) is 0 Å². The van der Waals surface area contributed by atoms with E-state index in [-0.39, 0.29) is 17.2 Å². The number of anilines is 2. The van der Waals surface area contributed by atoms with Crippen LogP contribution in [0.3, 0.4) is 0 Å². The lowest BCUT2D eigenvalue weighted by atomic mass is 10.2. The highest BCUT2D eigenvalue weighted by molar-refractivity contribution is 7.87. The molecule has 0 fully saturated rings. The standard InChI is InChI=1S/C21H30F3N3O5SSi/c1-6-9-32-33(29,30)18-8-7-15(2)12-16(18)26-17-13-25-27(14-31-10-11-34(3,4)5)20(28)19(17)21(22,23)24/h7-8,12-13,26H,6,9-11,14H2,1-5H3. The van der Waals surface area contributed by atoms with Crippen molar-refractivity contribution in [2.45, 2.75) is 63.8 Å². The van der Waals surface area contributed by atoms with E-state index in [4.69, 9.17) is 8.92 Å². The molecule has 1 aromatic heterocycles. The molecule has 0 atom stereocenters. The Hall–Kier alpha value is -2.22. The summed E-state index contributed by atoms with van der Waals surface area (Å²) in [6.07, 6.45) is -3.77. The smallest absolute Gasteiger partial charge is 0.359 e. The Morgan fingerprint density at radius 3 is 2.41 bits per heavy atom. The van der Waals surface area contributed by atoms with Gasteiger partial charge < -0.3 is 10.1 Å². The number of benzene rings is 1. The van der Waals surface area contributed by atoms with Crippen LogP contribution in [0.25, 0.3) is 0 Å². The first-order valence-corrected chi connectivity index (χ1v) is 15.8. The first-order valence-electron chi connectivity index (χ1n) is 10.7. The molecule has 0 saturated carbocycles. The molecule has 0 bridgehead atoms. The average Bonchev–Trinajstić information content (AvgIpc) is 2.69. The van der Waals surface area contributed by atoms with Crippen LogP contribution < -0.4 is 10.9 Å². The molecule has 1 aromatic carbocycles. The Balaban J connectivity index is 2.45. The first-order chi connectivity index (χ1) is 15.7. The van der Waals surface area contributed by atoms with Crippen LogP contribution in [0.1, 0.15) is 24.5 Å². The van der Waals surface area contributed by atoms with Gasteiger partial charge in [-0.05, 0) is 37.1 Å². The number of nitrogens with zero attached hydrogens (tertiary/aromatic N) is 2. The second-order valence-electron chi connectivity index (χ2n) is 8.98. The Morgan fingerprint density at radius 1 is 1.15 bits per heavy atom. The zero-order valence-corrected chi connectivity index (χ0v) is 21.6. The van der Waals surface area contributed by atoms with E-state index in [9.17, 15) is 26.4 Å². The van der Waals surface area contributed by atoms with Gasteiger partial charge in [0.1, 0.15) is 17.2 Å². The highest BCUT2D eigenvalue weighted by atomic mass is 32.2. The molecule has 0 spiro atoms.